The van der Waals surface area contributed by atoms with Gasteiger partial charge in [0.1, 0.15) is 5.82 Å². The molecule has 1 aromatic rings. The number of anilines is 2. The number of carbonyl (C=O) groups is 1. The molecule has 1 aliphatic heterocycles. The first-order valence-corrected chi connectivity index (χ1v) is 8.39. The van der Waals surface area contributed by atoms with E-state index in [2.05, 4.69) is 15.2 Å². The third-order valence-electron chi connectivity index (χ3n) is 5.45. The Labute approximate surface area is 131 Å². The lowest BCUT2D eigenvalue weighted by atomic mass is 9.88. The van der Waals surface area contributed by atoms with Crippen LogP contribution < -0.4 is 10.2 Å². The van der Waals surface area contributed by atoms with Gasteiger partial charge in [-0.2, -0.15) is 0 Å². The third kappa shape index (κ3) is 2.70. The third-order valence-corrected chi connectivity index (χ3v) is 5.45. The van der Waals surface area contributed by atoms with Crippen molar-refractivity contribution in [2.45, 2.75) is 25.7 Å². The van der Waals surface area contributed by atoms with Gasteiger partial charge in [0.2, 0.25) is 5.91 Å². The van der Waals surface area contributed by atoms with Crippen LogP contribution in [0, 0.1) is 17.8 Å². The number of rotatable bonds is 3. The molecule has 3 atom stereocenters. The van der Waals surface area contributed by atoms with Crippen molar-refractivity contribution < 1.29 is 9.53 Å². The Hall–Kier alpha value is -1.62. The maximum Gasteiger partial charge on any atom is 0.228 e. The number of ether oxygens (including phenoxy) is 1. The highest BCUT2D eigenvalue weighted by molar-refractivity contribution is 5.92. The monoisotopic (exact) mass is 301 g/mol. The number of pyridine rings is 1. The Balaban J connectivity index is 1.37. The summed E-state index contributed by atoms with van der Waals surface area (Å²) in [4.78, 5) is 19.1. The number of nitrogens with one attached hydrogen (secondary N) is 1. The van der Waals surface area contributed by atoms with E-state index in [4.69, 9.17) is 4.74 Å². The van der Waals surface area contributed by atoms with E-state index in [1.54, 1.807) is 0 Å². The molecule has 2 bridgehead atoms. The molecule has 1 N–H and O–H groups in total. The van der Waals surface area contributed by atoms with E-state index < -0.39 is 0 Å². The van der Waals surface area contributed by atoms with Crippen LogP contribution in [0.1, 0.15) is 25.7 Å². The van der Waals surface area contributed by atoms with Crippen LogP contribution >= 0.6 is 0 Å². The summed E-state index contributed by atoms with van der Waals surface area (Å²) < 4.78 is 5.36. The van der Waals surface area contributed by atoms with E-state index in [-0.39, 0.29) is 11.8 Å². The van der Waals surface area contributed by atoms with Gasteiger partial charge in [0, 0.05) is 19.0 Å². The smallest absolute Gasteiger partial charge is 0.228 e. The molecule has 5 nitrogen and oxygen atoms in total. The van der Waals surface area contributed by atoms with Crippen molar-refractivity contribution in [2.75, 3.05) is 36.5 Å². The van der Waals surface area contributed by atoms with Crippen molar-refractivity contribution in [2.24, 2.45) is 17.8 Å². The lowest BCUT2D eigenvalue weighted by Gasteiger charge is -2.28. The lowest BCUT2D eigenvalue weighted by molar-refractivity contribution is -0.121. The van der Waals surface area contributed by atoms with Gasteiger partial charge in [0.05, 0.1) is 25.1 Å². The first-order chi connectivity index (χ1) is 10.8. The zero-order valence-corrected chi connectivity index (χ0v) is 12.8. The molecule has 0 spiro atoms. The van der Waals surface area contributed by atoms with Gasteiger partial charge in [0.25, 0.3) is 0 Å². The minimum absolute atomic E-state index is 0.166. The number of nitrogens with zero attached hydrogens (tertiary/aromatic N) is 2. The van der Waals surface area contributed by atoms with Gasteiger partial charge in [-0.1, -0.05) is 6.42 Å². The molecular formula is C17H23N3O2. The van der Waals surface area contributed by atoms with Gasteiger partial charge in [-0.05, 0) is 43.2 Å². The van der Waals surface area contributed by atoms with Crippen molar-refractivity contribution >= 4 is 17.4 Å². The highest BCUT2D eigenvalue weighted by atomic mass is 16.5. The van der Waals surface area contributed by atoms with Gasteiger partial charge in [0.15, 0.2) is 0 Å². The quantitative estimate of drug-likeness (QED) is 0.930. The summed E-state index contributed by atoms with van der Waals surface area (Å²) in [5, 5.41) is 3.01. The molecule has 3 aliphatic rings. The molecule has 4 rings (SSSR count). The van der Waals surface area contributed by atoms with Gasteiger partial charge in [-0.3, -0.25) is 4.79 Å². The van der Waals surface area contributed by atoms with Crippen LogP contribution in [0.3, 0.4) is 0 Å². The average Bonchev–Trinajstić information content (AvgIpc) is 3.19. The highest BCUT2D eigenvalue weighted by Crippen LogP contribution is 2.48. The van der Waals surface area contributed by atoms with Crippen molar-refractivity contribution in [1.82, 2.24) is 4.98 Å². The second-order valence-electron chi connectivity index (χ2n) is 6.77. The van der Waals surface area contributed by atoms with Crippen LogP contribution in [-0.2, 0) is 9.53 Å². The van der Waals surface area contributed by atoms with E-state index in [0.29, 0.717) is 11.7 Å². The zero-order chi connectivity index (χ0) is 14.9. The zero-order valence-electron chi connectivity index (χ0n) is 12.8. The average molecular weight is 301 g/mol. The molecule has 3 fully saturated rings. The molecule has 5 heteroatoms. The van der Waals surface area contributed by atoms with Crippen molar-refractivity contribution in [3.8, 4) is 0 Å². The fraction of sp³-hybridized carbons (Fsp3) is 0.647. The van der Waals surface area contributed by atoms with E-state index in [1.165, 1.54) is 19.3 Å². The van der Waals surface area contributed by atoms with E-state index in [1.807, 2.05) is 18.3 Å². The number of fused-ring (bicyclic) bond motifs is 2. The Morgan fingerprint density at radius 3 is 2.73 bits per heavy atom. The summed E-state index contributed by atoms with van der Waals surface area (Å²) in [6.45, 7) is 3.34. The topological polar surface area (TPSA) is 54.5 Å². The number of morpholine rings is 1. The highest BCUT2D eigenvalue weighted by Gasteiger charge is 2.43. The van der Waals surface area contributed by atoms with Crippen molar-refractivity contribution in [3.63, 3.8) is 0 Å². The van der Waals surface area contributed by atoms with Crippen molar-refractivity contribution in [1.29, 1.82) is 0 Å². The van der Waals surface area contributed by atoms with Gasteiger partial charge in [-0.25, -0.2) is 4.98 Å². The summed E-state index contributed by atoms with van der Waals surface area (Å²) in [5.41, 5.74) is 1.10. The normalized spacial score (nSPS) is 30.5. The minimum Gasteiger partial charge on any atom is -0.378 e. The predicted molar refractivity (Wildman–Crippen MR) is 84.8 cm³/mol. The molecule has 118 valence electrons. The van der Waals surface area contributed by atoms with E-state index >= 15 is 0 Å². The SMILES string of the molecule is O=C(Nc1ccc(N2CCOCC2)cn1)C1CC2CCC1C2. The Morgan fingerprint density at radius 1 is 1.23 bits per heavy atom. The van der Waals surface area contributed by atoms with Crippen LogP contribution in [-0.4, -0.2) is 37.2 Å². The van der Waals surface area contributed by atoms with E-state index in [0.717, 1.165) is 44.3 Å². The Bertz CT molecular complexity index is 539. The standard InChI is InChI=1S/C17H23N3O2/c21-17(15-10-12-1-2-13(15)9-12)19-16-4-3-14(11-18-16)20-5-7-22-8-6-20/h3-4,11-13,15H,1-2,5-10H2,(H,18,19,21). The lowest BCUT2D eigenvalue weighted by Crippen LogP contribution is -2.36. The fourth-order valence-corrected chi connectivity index (χ4v) is 4.25. The summed E-state index contributed by atoms with van der Waals surface area (Å²) in [5.74, 6) is 2.44. The van der Waals surface area contributed by atoms with Crippen LogP contribution in [0.2, 0.25) is 0 Å². The molecule has 22 heavy (non-hydrogen) atoms. The number of aromatic nitrogens is 1. The first kappa shape index (κ1) is 14.0. The molecular weight excluding hydrogens is 278 g/mol. The maximum absolute atomic E-state index is 12.4. The number of carbonyl (C=O) groups excluding carboxylic acids is 1. The predicted octanol–water partition coefficient (Wildman–Crippen LogP) is 2.29. The molecule has 2 aliphatic carbocycles. The van der Waals surface area contributed by atoms with Gasteiger partial charge in [-0.15, -0.1) is 0 Å². The number of hydrogen-bond acceptors (Lipinski definition) is 4. The molecule has 2 heterocycles. The number of amides is 1. The summed E-state index contributed by atoms with van der Waals surface area (Å²) >= 11 is 0. The summed E-state index contributed by atoms with van der Waals surface area (Å²) in [7, 11) is 0. The van der Waals surface area contributed by atoms with Crippen LogP contribution in [0.25, 0.3) is 0 Å². The van der Waals surface area contributed by atoms with Gasteiger partial charge >= 0.3 is 0 Å². The number of hydrogen-bond donors (Lipinski definition) is 1. The molecule has 3 unspecified atom stereocenters. The molecule has 0 radical (unpaired) electrons. The maximum atomic E-state index is 12.4. The van der Waals surface area contributed by atoms with Crippen molar-refractivity contribution in [3.05, 3.63) is 18.3 Å². The van der Waals surface area contributed by atoms with E-state index in [9.17, 15) is 4.79 Å². The Morgan fingerprint density at radius 2 is 2.09 bits per heavy atom. The molecule has 1 amide bonds. The summed E-state index contributed by atoms with van der Waals surface area (Å²) in [6.07, 6.45) is 6.72. The fourth-order valence-electron chi connectivity index (χ4n) is 4.25. The van der Waals surface area contributed by atoms with Gasteiger partial charge < -0.3 is 15.0 Å². The minimum atomic E-state index is 0.166. The van der Waals surface area contributed by atoms with Crippen LogP contribution in [0.15, 0.2) is 18.3 Å². The molecule has 0 aromatic carbocycles. The van der Waals surface area contributed by atoms with Crippen LogP contribution in [0.4, 0.5) is 11.5 Å². The van der Waals surface area contributed by atoms with Crippen LogP contribution in [0.5, 0.6) is 0 Å². The molecule has 2 saturated carbocycles. The molecule has 1 saturated heterocycles. The molecule has 1 aromatic heterocycles. The summed E-state index contributed by atoms with van der Waals surface area (Å²) in [6, 6.07) is 3.95. The Kier molecular flexibility index (Phi) is 3.74. The second kappa shape index (κ2) is 5.88. The second-order valence-corrected chi connectivity index (χ2v) is 6.77. The largest absolute Gasteiger partial charge is 0.378 e. The first-order valence-electron chi connectivity index (χ1n) is 8.39.